The van der Waals surface area contributed by atoms with Crippen LogP contribution >= 0.6 is 22.9 Å². The lowest BCUT2D eigenvalue weighted by atomic mass is 10.1. The Morgan fingerprint density at radius 1 is 1.46 bits per heavy atom. The average molecular weight is 218 g/mol. The van der Waals surface area contributed by atoms with Crippen molar-refractivity contribution in [1.29, 1.82) is 0 Å². The number of aryl methyl sites for hydroxylation is 2. The van der Waals surface area contributed by atoms with E-state index in [1.165, 1.54) is 9.88 Å². The van der Waals surface area contributed by atoms with Gasteiger partial charge in [-0.05, 0) is 20.3 Å². The molecule has 0 saturated carbocycles. The van der Waals surface area contributed by atoms with Crippen molar-refractivity contribution < 1.29 is 0 Å². The third-order valence-electron chi connectivity index (χ3n) is 2.37. The van der Waals surface area contributed by atoms with Crippen molar-refractivity contribution in [3.63, 3.8) is 0 Å². The van der Waals surface area contributed by atoms with Crippen LogP contribution in [-0.4, -0.2) is 10.4 Å². The molecule has 1 aromatic rings. The zero-order valence-corrected chi connectivity index (χ0v) is 10.2. The van der Waals surface area contributed by atoms with Crippen LogP contribution in [0.1, 0.15) is 41.8 Å². The first-order chi connectivity index (χ1) is 6.06. The molecular formula is C10H16ClNS. The molecule has 3 heteroatoms. The van der Waals surface area contributed by atoms with E-state index >= 15 is 0 Å². The van der Waals surface area contributed by atoms with E-state index in [-0.39, 0.29) is 5.38 Å². The van der Waals surface area contributed by atoms with E-state index in [4.69, 9.17) is 11.6 Å². The average Bonchev–Trinajstić information content (AvgIpc) is 2.44. The highest BCUT2D eigenvalue weighted by molar-refractivity contribution is 7.11. The molecule has 0 radical (unpaired) electrons. The topological polar surface area (TPSA) is 12.9 Å². The minimum absolute atomic E-state index is 0.213. The summed E-state index contributed by atoms with van der Waals surface area (Å²) < 4.78 is 0. The van der Waals surface area contributed by atoms with E-state index in [1.807, 2.05) is 0 Å². The lowest BCUT2D eigenvalue weighted by molar-refractivity contribution is 0.669. The van der Waals surface area contributed by atoms with Crippen LogP contribution in [0.5, 0.6) is 0 Å². The van der Waals surface area contributed by atoms with Gasteiger partial charge in [-0.2, -0.15) is 0 Å². The Kier molecular flexibility index (Phi) is 3.74. The fourth-order valence-electron chi connectivity index (χ4n) is 1.20. The summed E-state index contributed by atoms with van der Waals surface area (Å²) in [6.07, 6.45) is 1.00. The standard InChI is InChI=1S/C10H16ClNS/c1-5-9(11)6(2)10-12-7(3)8(4)13-10/h6,9H,5H2,1-4H3. The van der Waals surface area contributed by atoms with E-state index in [0.717, 1.165) is 12.1 Å². The molecule has 0 aliphatic heterocycles. The maximum atomic E-state index is 6.18. The highest BCUT2D eigenvalue weighted by Crippen LogP contribution is 2.29. The molecule has 13 heavy (non-hydrogen) atoms. The van der Waals surface area contributed by atoms with Gasteiger partial charge in [-0.1, -0.05) is 13.8 Å². The van der Waals surface area contributed by atoms with Gasteiger partial charge in [0.2, 0.25) is 0 Å². The zero-order chi connectivity index (χ0) is 10.0. The molecule has 0 amide bonds. The summed E-state index contributed by atoms with van der Waals surface area (Å²) in [6.45, 7) is 8.43. The van der Waals surface area contributed by atoms with Crippen LogP contribution in [0.3, 0.4) is 0 Å². The highest BCUT2D eigenvalue weighted by Gasteiger charge is 2.18. The number of nitrogens with zero attached hydrogens (tertiary/aromatic N) is 1. The van der Waals surface area contributed by atoms with Gasteiger partial charge in [0.1, 0.15) is 0 Å². The third-order valence-corrected chi connectivity index (χ3v) is 4.33. The molecule has 0 fully saturated rings. The maximum Gasteiger partial charge on any atom is 0.0973 e. The molecular weight excluding hydrogens is 202 g/mol. The molecule has 0 aromatic carbocycles. The van der Waals surface area contributed by atoms with Crippen molar-refractivity contribution in [3.8, 4) is 0 Å². The lowest BCUT2D eigenvalue weighted by Gasteiger charge is -2.12. The first kappa shape index (κ1) is 11.0. The van der Waals surface area contributed by atoms with Gasteiger partial charge in [0.15, 0.2) is 0 Å². The Morgan fingerprint density at radius 3 is 2.46 bits per heavy atom. The Hall–Kier alpha value is -0.0800. The number of halogens is 1. The van der Waals surface area contributed by atoms with Crippen LogP contribution in [0.4, 0.5) is 0 Å². The summed E-state index contributed by atoms with van der Waals surface area (Å²) in [7, 11) is 0. The predicted octanol–water partition coefficient (Wildman–Crippen LogP) is 3.88. The molecule has 0 aliphatic rings. The van der Waals surface area contributed by atoms with Crippen molar-refractivity contribution in [1.82, 2.24) is 4.98 Å². The second-order valence-corrected chi connectivity index (χ2v) is 5.20. The zero-order valence-electron chi connectivity index (χ0n) is 8.60. The molecule has 0 N–H and O–H groups in total. The fourth-order valence-corrected chi connectivity index (χ4v) is 2.43. The minimum Gasteiger partial charge on any atom is -0.246 e. The molecule has 1 nitrogen and oxygen atoms in total. The summed E-state index contributed by atoms with van der Waals surface area (Å²) in [5.41, 5.74) is 1.15. The SMILES string of the molecule is CCC(Cl)C(C)c1nc(C)c(C)s1. The Morgan fingerprint density at radius 2 is 2.08 bits per heavy atom. The van der Waals surface area contributed by atoms with Gasteiger partial charge in [0.25, 0.3) is 0 Å². The molecule has 1 heterocycles. The molecule has 2 unspecified atom stereocenters. The van der Waals surface area contributed by atoms with Crippen LogP contribution in [0.2, 0.25) is 0 Å². The maximum absolute atomic E-state index is 6.18. The molecule has 0 bridgehead atoms. The van der Waals surface area contributed by atoms with E-state index < -0.39 is 0 Å². The summed E-state index contributed by atoms with van der Waals surface area (Å²) in [6, 6.07) is 0. The van der Waals surface area contributed by atoms with Crippen molar-refractivity contribution >= 4 is 22.9 Å². The third kappa shape index (κ3) is 2.44. The van der Waals surface area contributed by atoms with Crippen LogP contribution in [0.25, 0.3) is 0 Å². The van der Waals surface area contributed by atoms with Gasteiger partial charge in [0.05, 0.1) is 10.7 Å². The number of hydrogen-bond acceptors (Lipinski definition) is 2. The lowest BCUT2D eigenvalue weighted by Crippen LogP contribution is -2.07. The fraction of sp³-hybridized carbons (Fsp3) is 0.700. The molecule has 74 valence electrons. The van der Waals surface area contributed by atoms with E-state index in [0.29, 0.717) is 5.92 Å². The van der Waals surface area contributed by atoms with Crippen molar-refractivity contribution in [3.05, 3.63) is 15.6 Å². The Balaban J connectivity index is 2.82. The summed E-state index contributed by atoms with van der Waals surface area (Å²) >= 11 is 7.95. The molecule has 0 aliphatic carbocycles. The monoisotopic (exact) mass is 217 g/mol. The smallest absolute Gasteiger partial charge is 0.0973 e. The second kappa shape index (κ2) is 4.43. The number of alkyl halides is 1. The first-order valence-corrected chi connectivity index (χ1v) is 5.89. The van der Waals surface area contributed by atoms with Gasteiger partial charge in [0, 0.05) is 16.2 Å². The van der Waals surface area contributed by atoms with E-state index in [2.05, 4.69) is 32.7 Å². The van der Waals surface area contributed by atoms with Crippen molar-refractivity contribution in [2.75, 3.05) is 0 Å². The predicted molar refractivity (Wildman–Crippen MR) is 59.9 cm³/mol. The van der Waals surface area contributed by atoms with Gasteiger partial charge >= 0.3 is 0 Å². The molecule has 0 spiro atoms. The Labute approximate surface area is 89.1 Å². The highest BCUT2D eigenvalue weighted by atomic mass is 35.5. The Bertz CT molecular complexity index is 263. The molecule has 2 atom stereocenters. The molecule has 1 aromatic heterocycles. The molecule has 1 rings (SSSR count). The van der Waals surface area contributed by atoms with Gasteiger partial charge in [-0.25, -0.2) is 4.98 Å². The quantitative estimate of drug-likeness (QED) is 0.701. The normalized spacial score (nSPS) is 15.8. The van der Waals surface area contributed by atoms with Crippen LogP contribution < -0.4 is 0 Å². The first-order valence-electron chi connectivity index (χ1n) is 4.64. The van der Waals surface area contributed by atoms with Crippen molar-refractivity contribution in [2.24, 2.45) is 0 Å². The summed E-state index contributed by atoms with van der Waals surface area (Å²) in [5, 5.41) is 1.39. The minimum atomic E-state index is 0.213. The van der Waals surface area contributed by atoms with Crippen molar-refractivity contribution in [2.45, 2.75) is 45.4 Å². The van der Waals surface area contributed by atoms with Crippen LogP contribution in [0.15, 0.2) is 0 Å². The van der Waals surface area contributed by atoms with Crippen LogP contribution in [0, 0.1) is 13.8 Å². The van der Waals surface area contributed by atoms with E-state index in [9.17, 15) is 0 Å². The largest absolute Gasteiger partial charge is 0.246 e. The summed E-state index contributed by atoms with van der Waals surface area (Å²) in [4.78, 5) is 5.82. The van der Waals surface area contributed by atoms with Crippen LogP contribution in [-0.2, 0) is 0 Å². The molecule has 0 saturated heterocycles. The number of aromatic nitrogens is 1. The number of thiazole rings is 1. The number of hydrogen-bond donors (Lipinski definition) is 0. The number of rotatable bonds is 3. The van der Waals surface area contributed by atoms with Gasteiger partial charge < -0.3 is 0 Å². The van der Waals surface area contributed by atoms with E-state index in [1.54, 1.807) is 11.3 Å². The van der Waals surface area contributed by atoms with Gasteiger partial charge in [-0.15, -0.1) is 22.9 Å². The second-order valence-electron chi connectivity index (χ2n) is 3.41. The summed E-state index contributed by atoms with van der Waals surface area (Å²) in [5.74, 6) is 0.379. The van der Waals surface area contributed by atoms with Gasteiger partial charge in [-0.3, -0.25) is 0 Å².